The van der Waals surface area contributed by atoms with Crippen molar-refractivity contribution in [1.29, 1.82) is 0 Å². The van der Waals surface area contributed by atoms with Gasteiger partial charge in [0.2, 0.25) is 5.91 Å². The minimum atomic E-state index is -0.881. The lowest BCUT2D eigenvalue weighted by molar-refractivity contribution is -0.347. The summed E-state index contributed by atoms with van der Waals surface area (Å²) in [4.78, 5) is 11.7. The van der Waals surface area contributed by atoms with E-state index in [2.05, 4.69) is 11.9 Å². The number of hydrogen-bond donors (Lipinski definition) is 1. The zero-order valence-electron chi connectivity index (χ0n) is 20.6. The van der Waals surface area contributed by atoms with Crippen molar-refractivity contribution in [2.24, 2.45) is 0 Å². The van der Waals surface area contributed by atoms with Crippen molar-refractivity contribution in [3.63, 3.8) is 0 Å². The number of carbonyl (C=O) groups excluding carboxylic acids is 1. The Labute approximate surface area is 195 Å². The lowest BCUT2D eigenvalue weighted by atomic mass is 9.94. The molecule has 1 amide bonds. The summed E-state index contributed by atoms with van der Waals surface area (Å²) >= 11 is 0. The highest BCUT2D eigenvalue weighted by molar-refractivity contribution is 5.86. The van der Waals surface area contributed by atoms with Gasteiger partial charge in [-0.25, -0.2) is 0 Å². The molecule has 192 valence electrons. The summed E-state index contributed by atoms with van der Waals surface area (Å²) in [7, 11) is 9.43. The van der Waals surface area contributed by atoms with Gasteiger partial charge in [-0.15, -0.1) is 0 Å². The highest BCUT2D eigenvalue weighted by Crippen LogP contribution is 2.33. The Morgan fingerprint density at radius 3 is 1.91 bits per heavy atom. The van der Waals surface area contributed by atoms with E-state index >= 15 is 0 Å². The number of carbonyl (C=O) groups is 1. The highest BCUT2D eigenvalue weighted by Gasteiger charge is 2.52. The molecule has 0 spiro atoms. The van der Waals surface area contributed by atoms with Gasteiger partial charge in [0, 0.05) is 49.2 Å². The zero-order valence-corrected chi connectivity index (χ0v) is 20.6. The number of ether oxygens (including phenoxy) is 9. The smallest absolute Gasteiger partial charge is 0.243 e. The van der Waals surface area contributed by atoms with Crippen LogP contribution < -0.4 is 5.32 Å². The molecule has 2 rings (SSSR count). The number of methoxy groups -OCH3 is 6. The van der Waals surface area contributed by atoms with Crippen LogP contribution in [0.3, 0.4) is 0 Å². The Kier molecular flexibility index (Phi) is 11.6. The summed E-state index contributed by atoms with van der Waals surface area (Å²) in [6, 6.07) is 0. The SMILES string of the molecule is C=CC(=O)NCC1OC(OC2C(COC)OC(C)C(OC)C2OC)C(OC)C(OC)[C@@H]1OC. The number of hydrogen-bond acceptors (Lipinski definition) is 10. The van der Waals surface area contributed by atoms with Gasteiger partial charge in [-0.1, -0.05) is 6.58 Å². The van der Waals surface area contributed by atoms with E-state index < -0.39 is 49.0 Å². The molecule has 33 heavy (non-hydrogen) atoms. The molecular weight excluding hydrogens is 438 g/mol. The Balaban J connectivity index is 2.32. The summed E-state index contributed by atoms with van der Waals surface area (Å²) < 4.78 is 52.7. The molecule has 10 atom stereocenters. The standard InChI is InChI=1S/C22H39NO10/c1-9-15(24)23-10-13-17(27-5)20(29-7)21(30-8)22(32-13)33-18-14(11-25-3)31-12(2)16(26-4)19(18)28-6/h9,12-14,16-22H,1,10-11H2,2-8H3,(H,23,24)/t12?,13?,14?,16?,17-,18?,19?,20?,21?,22?/m1/s1. The van der Waals surface area contributed by atoms with E-state index in [4.69, 9.17) is 42.6 Å². The van der Waals surface area contributed by atoms with Crippen molar-refractivity contribution in [3.8, 4) is 0 Å². The van der Waals surface area contributed by atoms with Crippen LogP contribution in [0.5, 0.6) is 0 Å². The number of nitrogens with one attached hydrogen (secondary N) is 1. The van der Waals surface area contributed by atoms with Gasteiger partial charge in [-0.2, -0.15) is 0 Å². The Hall–Kier alpha value is -1.15. The molecule has 0 aliphatic carbocycles. The summed E-state index contributed by atoms with van der Waals surface area (Å²) in [6.45, 7) is 5.83. The van der Waals surface area contributed by atoms with E-state index in [0.29, 0.717) is 0 Å². The van der Waals surface area contributed by atoms with Gasteiger partial charge in [0.1, 0.15) is 48.8 Å². The molecule has 2 saturated heterocycles. The van der Waals surface area contributed by atoms with Gasteiger partial charge in [-0.05, 0) is 13.0 Å². The molecule has 2 heterocycles. The average molecular weight is 478 g/mol. The van der Waals surface area contributed by atoms with Gasteiger partial charge in [0.05, 0.1) is 12.7 Å². The number of rotatable bonds is 12. The van der Waals surface area contributed by atoms with Crippen LogP contribution in [-0.2, 0) is 47.4 Å². The second-order valence-electron chi connectivity index (χ2n) is 7.93. The first kappa shape index (κ1) is 28.1. The largest absolute Gasteiger partial charge is 0.382 e. The molecule has 0 aromatic rings. The third-order valence-corrected chi connectivity index (χ3v) is 6.10. The predicted octanol–water partition coefficient (Wildman–Crippen LogP) is -0.0926. The molecule has 0 radical (unpaired) electrons. The number of amides is 1. The molecule has 2 fully saturated rings. The summed E-state index contributed by atoms with van der Waals surface area (Å²) in [5.74, 6) is -0.328. The van der Waals surface area contributed by atoms with E-state index in [1.54, 1.807) is 42.7 Å². The minimum absolute atomic E-state index is 0.160. The van der Waals surface area contributed by atoms with Gasteiger partial charge in [0.15, 0.2) is 6.29 Å². The van der Waals surface area contributed by atoms with Crippen LogP contribution in [0.4, 0.5) is 0 Å². The van der Waals surface area contributed by atoms with Gasteiger partial charge < -0.3 is 47.9 Å². The molecule has 11 nitrogen and oxygen atoms in total. The van der Waals surface area contributed by atoms with Gasteiger partial charge in [0.25, 0.3) is 0 Å². The van der Waals surface area contributed by atoms with E-state index in [-0.39, 0.29) is 31.3 Å². The highest BCUT2D eigenvalue weighted by atomic mass is 16.7. The van der Waals surface area contributed by atoms with Crippen molar-refractivity contribution in [2.75, 3.05) is 55.8 Å². The molecule has 2 aliphatic heterocycles. The van der Waals surface area contributed by atoms with Crippen molar-refractivity contribution in [1.82, 2.24) is 5.32 Å². The minimum Gasteiger partial charge on any atom is -0.382 e. The second kappa shape index (κ2) is 13.7. The maximum absolute atomic E-state index is 11.7. The van der Waals surface area contributed by atoms with Crippen molar-refractivity contribution in [3.05, 3.63) is 12.7 Å². The van der Waals surface area contributed by atoms with Crippen LogP contribution in [0, 0.1) is 0 Å². The second-order valence-corrected chi connectivity index (χ2v) is 7.93. The molecule has 0 aromatic heterocycles. The first-order valence-corrected chi connectivity index (χ1v) is 10.9. The normalized spacial score (nSPS) is 39.2. The molecule has 0 bridgehead atoms. The fourth-order valence-electron chi connectivity index (χ4n) is 4.54. The van der Waals surface area contributed by atoms with Crippen LogP contribution in [0.2, 0.25) is 0 Å². The van der Waals surface area contributed by atoms with Crippen LogP contribution in [-0.4, -0.2) is 123 Å². The molecule has 0 saturated carbocycles. The lowest BCUT2D eigenvalue weighted by Gasteiger charge is -2.49. The maximum atomic E-state index is 11.7. The van der Waals surface area contributed by atoms with Crippen LogP contribution >= 0.6 is 0 Å². The van der Waals surface area contributed by atoms with Gasteiger partial charge in [-0.3, -0.25) is 4.79 Å². The van der Waals surface area contributed by atoms with E-state index in [0.717, 1.165) is 0 Å². The predicted molar refractivity (Wildman–Crippen MR) is 117 cm³/mol. The van der Waals surface area contributed by atoms with E-state index in [1.165, 1.54) is 6.08 Å². The third-order valence-electron chi connectivity index (χ3n) is 6.10. The van der Waals surface area contributed by atoms with E-state index in [1.807, 2.05) is 6.92 Å². The van der Waals surface area contributed by atoms with Crippen LogP contribution in [0.25, 0.3) is 0 Å². The van der Waals surface area contributed by atoms with Crippen molar-refractivity contribution < 1.29 is 47.4 Å². The third kappa shape index (κ3) is 6.50. The molecule has 1 N–H and O–H groups in total. The molecule has 11 heteroatoms. The summed E-state index contributed by atoms with van der Waals surface area (Å²) in [5.41, 5.74) is 0. The fourth-order valence-corrected chi connectivity index (χ4v) is 4.54. The maximum Gasteiger partial charge on any atom is 0.243 e. The molecule has 9 unspecified atom stereocenters. The fraction of sp³-hybridized carbons (Fsp3) is 0.864. The first-order valence-electron chi connectivity index (χ1n) is 10.9. The Bertz CT molecular complexity index is 608. The lowest BCUT2D eigenvalue weighted by Crippen LogP contribution is -2.66. The molecular formula is C22H39NO10. The van der Waals surface area contributed by atoms with Gasteiger partial charge >= 0.3 is 0 Å². The topological polar surface area (TPSA) is 112 Å². The first-order chi connectivity index (χ1) is 15.9. The Morgan fingerprint density at radius 1 is 0.818 bits per heavy atom. The van der Waals surface area contributed by atoms with Crippen LogP contribution in [0.1, 0.15) is 6.92 Å². The molecule has 2 aliphatic rings. The Morgan fingerprint density at radius 2 is 1.39 bits per heavy atom. The quantitative estimate of drug-likeness (QED) is 0.383. The average Bonchev–Trinajstić information content (AvgIpc) is 2.82. The van der Waals surface area contributed by atoms with Crippen LogP contribution in [0.15, 0.2) is 12.7 Å². The van der Waals surface area contributed by atoms with Crippen molar-refractivity contribution >= 4 is 5.91 Å². The zero-order chi connectivity index (χ0) is 24.5. The van der Waals surface area contributed by atoms with Crippen molar-refractivity contribution in [2.45, 2.75) is 68.1 Å². The molecule has 0 aromatic carbocycles. The monoisotopic (exact) mass is 477 g/mol. The summed E-state index contributed by atoms with van der Waals surface area (Å²) in [6.07, 6.45) is -4.07. The van der Waals surface area contributed by atoms with E-state index in [9.17, 15) is 4.79 Å². The summed E-state index contributed by atoms with van der Waals surface area (Å²) in [5, 5.41) is 2.74.